The summed E-state index contributed by atoms with van der Waals surface area (Å²) in [4.78, 5) is 42.9. The van der Waals surface area contributed by atoms with Gasteiger partial charge in [-0.05, 0) is 69.2 Å². The smallest absolute Gasteiger partial charge is 0.253 e. The average Bonchev–Trinajstić information content (AvgIpc) is 3.28. The number of nitrogens with one attached hydrogen (secondary N) is 1. The first-order valence-corrected chi connectivity index (χ1v) is 14.0. The van der Waals surface area contributed by atoms with Crippen LogP contribution in [0, 0.1) is 13.8 Å². The van der Waals surface area contributed by atoms with Crippen LogP contribution < -0.4 is 16.2 Å². The van der Waals surface area contributed by atoms with Crippen molar-refractivity contribution >= 4 is 22.8 Å². The number of amides is 1. The topological polar surface area (TPSA) is 113 Å². The Balaban J connectivity index is 1.56. The molecule has 40 heavy (non-hydrogen) atoms. The number of pyridine rings is 2. The number of aryl methyl sites for hydroxylation is 2. The second-order valence-electron chi connectivity index (χ2n) is 11.4. The second-order valence-corrected chi connectivity index (χ2v) is 11.4. The van der Waals surface area contributed by atoms with Crippen LogP contribution in [0.1, 0.15) is 66.6 Å². The van der Waals surface area contributed by atoms with E-state index >= 15 is 0 Å². The molecule has 1 aliphatic heterocycles. The Morgan fingerprint density at radius 3 is 2.33 bits per heavy atom. The number of piperazine rings is 1. The van der Waals surface area contributed by atoms with Gasteiger partial charge in [-0.15, -0.1) is 0 Å². The first-order chi connectivity index (χ1) is 19.0. The lowest BCUT2D eigenvalue weighted by Crippen LogP contribution is -2.49. The van der Waals surface area contributed by atoms with E-state index in [1.54, 1.807) is 6.07 Å². The van der Waals surface area contributed by atoms with E-state index in [4.69, 9.17) is 15.7 Å². The normalized spacial score (nSPS) is 14.6. The summed E-state index contributed by atoms with van der Waals surface area (Å²) >= 11 is 0. The summed E-state index contributed by atoms with van der Waals surface area (Å²) in [6.45, 7) is 16.7. The first-order valence-electron chi connectivity index (χ1n) is 14.0. The summed E-state index contributed by atoms with van der Waals surface area (Å²) in [5, 5.41) is 0. The van der Waals surface area contributed by atoms with Gasteiger partial charge in [-0.25, -0.2) is 9.97 Å². The molecule has 1 fully saturated rings. The molecule has 0 unspecified atom stereocenters. The highest BCUT2D eigenvalue weighted by Gasteiger charge is 2.23. The molecular formula is C31H39N7O2. The number of primary amides is 1. The molecule has 0 bridgehead atoms. The molecule has 4 heterocycles. The zero-order chi connectivity index (χ0) is 28.7. The van der Waals surface area contributed by atoms with Crippen molar-refractivity contribution in [2.45, 2.75) is 60.0 Å². The van der Waals surface area contributed by atoms with Crippen molar-refractivity contribution in [3.05, 3.63) is 75.1 Å². The van der Waals surface area contributed by atoms with E-state index in [-0.39, 0.29) is 11.5 Å². The number of carbonyl (C=O) groups excluding carboxylic acids is 1. The molecule has 3 aromatic heterocycles. The Bertz CT molecular complexity index is 1610. The number of rotatable bonds is 7. The number of benzene rings is 1. The van der Waals surface area contributed by atoms with E-state index in [0.717, 1.165) is 65.7 Å². The predicted octanol–water partition coefficient (Wildman–Crippen LogP) is 4.20. The predicted molar refractivity (Wildman–Crippen MR) is 160 cm³/mol. The van der Waals surface area contributed by atoms with Crippen LogP contribution in [0.2, 0.25) is 0 Å². The van der Waals surface area contributed by atoms with E-state index in [2.05, 4.69) is 42.5 Å². The molecule has 210 valence electrons. The van der Waals surface area contributed by atoms with Gasteiger partial charge in [0.25, 0.3) is 11.5 Å². The Labute approximate surface area is 235 Å². The molecule has 5 rings (SSSR count). The molecule has 0 aliphatic carbocycles. The highest BCUT2D eigenvalue weighted by molar-refractivity contribution is 6.06. The molecule has 0 radical (unpaired) electrons. The van der Waals surface area contributed by atoms with Crippen molar-refractivity contribution in [1.82, 2.24) is 24.4 Å². The number of imidazole rings is 1. The van der Waals surface area contributed by atoms with Gasteiger partial charge in [0.05, 0.1) is 17.6 Å². The van der Waals surface area contributed by atoms with E-state index in [1.165, 1.54) is 0 Å². The van der Waals surface area contributed by atoms with Crippen molar-refractivity contribution in [3.8, 4) is 11.1 Å². The largest absolute Gasteiger partial charge is 0.366 e. The zero-order valence-electron chi connectivity index (χ0n) is 24.3. The third kappa shape index (κ3) is 5.25. The number of H-pyrrole nitrogens is 1. The third-order valence-corrected chi connectivity index (χ3v) is 7.93. The number of nitrogens with two attached hydrogens (primary N) is 1. The fraction of sp³-hybridized carbons (Fsp3) is 0.419. The lowest BCUT2D eigenvalue weighted by Gasteiger charge is -2.37. The summed E-state index contributed by atoms with van der Waals surface area (Å²) in [7, 11) is 0. The molecule has 0 atom stereocenters. The number of aromatic nitrogens is 4. The number of hydrogen-bond donors (Lipinski definition) is 2. The van der Waals surface area contributed by atoms with Gasteiger partial charge in [-0.2, -0.15) is 0 Å². The molecule has 1 saturated heterocycles. The molecule has 9 nitrogen and oxygen atoms in total. The highest BCUT2D eigenvalue weighted by atomic mass is 16.1. The quantitative estimate of drug-likeness (QED) is 0.363. The number of nitrogens with zero attached hydrogens (tertiary/aromatic N) is 5. The van der Waals surface area contributed by atoms with Gasteiger partial charge in [0.2, 0.25) is 0 Å². The maximum absolute atomic E-state index is 12.9. The Kier molecular flexibility index (Phi) is 7.51. The van der Waals surface area contributed by atoms with Gasteiger partial charge in [-0.1, -0.05) is 13.8 Å². The molecule has 1 aromatic carbocycles. The number of anilines is 1. The summed E-state index contributed by atoms with van der Waals surface area (Å²) in [5.41, 5.74) is 11.5. The molecule has 9 heteroatoms. The van der Waals surface area contributed by atoms with Gasteiger partial charge < -0.3 is 20.2 Å². The molecule has 0 spiro atoms. The monoisotopic (exact) mass is 541 g/mol. The lowest BCUT2D eigenvalue weighted by atomic mass is 10.0. The standard InChI is InChI=1S/C31H39N7O2/c1-18(2)30-35-28-24(29(32)39)14-23(15-26(28)38(30)17-25-20(5)13-21(6)34-31(25)40)22-7-8-27(33-16-22)37-11-9-36(10-12-37)19(3)4/h7-8,13-16,18-19H,9-12,17H2,1-6H3,(H2,32,39)(H,34,40). The third-order valence-electron chi connectivity index (χ3n) is 7.93. The van der Waals surface area contributed by atoms with Crippen LogP contribution in [-0.4, -0.2) is 62.5 Å². The van der Waals surface area contributed by atoms with Crippen molar-refractivity contribution in [2.24, 2.45) is 5.73 Å². The van der Waals surface area contributed by atoms with E-state index in [9.17, 15) is 9.59 Å². The minimum atomic E-state index is -0.538. The van der Waals surface area contributed by atoms with Crippen molar-refractivity contribution in [3.63, 3.8) is 0 Å². The molecular weight excluding hydrogens is 502 g/mol. The number of aromatic amines is 1. The van der Waals surface area contributed by atoms with Crippen LogP contribution in [0.15, 0.2) is 41.3 Å². The summed E-state index contributed by atoms with van der Waals surface area (Å²) in [6.07, 6.45) is 1.86. The van der Waals surface area contributed by atoms with Crippen LogP contribution in [0.25, 0.3) is 22.2 Å². The molecule has 4 aromatic rings. The van der Waals surface area contributed by atoms with Gasteiger partial charge in [-0.3, -0.25) is 14.5 Å². The van der Waals surface area contributed by atoms with E-state index < -0.39 is 5.91 Å². The van der Waals surface area contributed by atoms with Crippen molar-refractivity contribution in [2.75, 3.05) is 31.1 Å². The van der Waals surface area contributed by atoms with E-state index in [0.29, 0.717) is 29.2 Å². The minimum Gasteiger partial charge on any atom is -0.366 e. The van der Waals surface area contributed by atoms with Crippen LogP contribution in [-0.2, 0) is 6.54 Å². The number of fused-ring (bicyclic) bond motifs is 1. The molecule has 1 amide bonds. The van der Waals surface area contributed by atoms with Gasteiger partial charge in [0, 0.05) is 61.2 Å². The highest BCUT2D eigenvalue weighted by Crippen LogP contribution is 2.31. The van der Waals surface area contributed by atoms with E-state index in [1.807, 2.05) is 48.9 Å². The maximum atomic E-state index is 12.9. The van der Waals surface area contributed by atoms with Crippen LogP contribution in [0.4, 0.5) is 5.82 Å². The number of hydrogen-bond acceptors (Lipinski definition) is 6. The fourth-order valence-electron chi connectivity index (χ4n) is 5.65. The number of carbonyl (C=O) groups is 1. The minimum absolute atomic E-state index is 0.0681. The molecule has 3 N–H and O–H groups in total. The second kappa shape index (κ2) is 10.9. The lowest BCUT2D eigenvalue weighted by molar-refractivity contribution is 0.100. The Hall–Kier alpha value is -3.98. The van der Waals surface area contributed by atoms with Gasteiger partial charge in [0.1, 0.15) is 17.2 Å². The summed E-state index contributed by atoms with van der Waals surface area (Å²) in [6, 6.07) is 10.4. The van der Waals surface area contributed by atoms with Crippen molar-refractivity contribution in [1.29, 1.82) is 0 Å². The maximum Gasteiger partial charge on any atom is 0.253 e. The molecule has 1 aliphatic rings. The Morgan fingerprint density at radius 1 is 1.02 bits per heavy atom. The fourth-order valence-corrected chi connectivity index (χ4v) is 5.65. The van der Waals surface area contributed by atoms with Crippen LogP contribution >= 0.6 is 0 Å². The Morgan fingerprint density at radius 2 is 1.75 bits per heavy atom. The zero-order valence-corrected chi connectivity index (χ0v) is 24.3. The summed E-state index contributed by atoms with van der Waals surface area (Å²) in [5.74, 6) is 1.27. The molecule has 0 saturated carbocycles. The van der Waals surface area contributed by atoms with Crippen molar-refractivity contribution < 1.29 is 4.79 Å². The SMILES string of the molecule is Cc1cc(C)c(Cn2c(C(C)C)nc3c(C(N)=O)cc(-c4ccc(N5CCN(C(C)C)CC5)nc4)cc32)c(=O)[nH]1. The van der Waals surface area contributed by atoms with Gasteiger partial charge >= 0.3 is 0 Å². The average molecular weight is 542 g/mol. The van der Waals surface area contributed by atoms with Gasteiger partial charge in [0.15, 0.2) is 0 Å². The van der Waals surface area contributed by atoms with Crippen LogP contribution in [0.3, 0.4) is 0 Å². The summed E-state index contributed by atoms with van der Waals surface area (Å²) < 4.78 is 2.04. The van der Waals surface area contributed by atoms with Crippen LogP contribution in [0.5, 0.6) is 0 Å². The first kappa shape index (κ1) is 27.6.